The molecule has 2 atom stereocenters. The van der Waals surface area contributed by atoms with Crippen LogP contribution in [0.2, 0.25) is 0 Å². The van der Waals surface area contributed by atoms with E-state index in [4.69, 9.17) is 10.00 Å². The Labute approximate surface area is 95.4 Å². The fraction of sp³-hybridized carbons (Fsp3) is 0.800. The lowest BCUT2D eigenvalue weighted by Gasteiger charge is -2.21. The Kier molecular flexibility index (Phi) is 3.19. The Morgan fingerprint density at radius 2 is 2.33 bits per heavy atom. The van der Waals surface area contributed by atoms with E-state index in [9.17, 15) is 4.79 Å². The highest BCUT2D eigenvalue weighted by Crippen LogP contribution is 2.43. The Balaban J connectivity index is 2.50. The van der Waals surface area contributed by atoms with Crippen LogP contribution in [0, 0.1) is 17.2 Å². The molecule has 0 aromatic heterocycles. The summed E-state index contributed by atoms with van der Waals surface area (Å²) in [4.78, 5) is 11.4. The maximum absolute atomic E-state index is 11.4. The molecule has 0 heterocycles. The third-order valence-corrected chi connectivity index (χ3v) is 2.69. The van der Waals surface area contributed by atoms with Gasteiger partial charge in [-0.2, -0.15) is 17.9 Å². The first kappa shape index (κ1) is 12.2. The van der Waals surface area contributed by atoms with E-state index in [0.29, 0.717) is 12.2 Å². The fourth-order valence-corrected chi connectivity index (χ4v) is 1.79. The summed E-state index contributed by atoms with van der Waals surface area (Å²) in [5, 5.41) is 11.6. The van der Waals surface area contributed by atoms with Crippen molar-refractivity contribution in [3.05, 3.63) is 0 Å². The van der Waals surface area contributed by atoms with E-state index in [0.717, 1.165) is 0 Å². The van der Waals surface area contributed by atoms with Gasteiger partial charge >= 0.3 is 6.09 Å². The predicted octanol–water partition coefficient (Wildman–Crippen LogP) is 1.72. The number of carbonyl (C=O) groups is 1. The summed E-state index contributed by atoms with van der Waals surface area (Å²) in [6.07, 6.45) is 0.125. The van der Waals surface area contributed by atoms with Gasteiger partial charge in [0.25, 0.3) is 0 Å². The summed E-state index contributed by atoms with van der Waals surface area (Å²) in [7, 11) is 0. The molecule has 0 unspecified atom stereocenters. The number of nitriles is 1. The average molecular weight is 228 g/mol. The molecule has 0 saturated heterocycles. The van der Waals surface area contributed by atoms with Crippen LogP contribution >= 0.6 is 12.6 Å². The second-order valence-electron chi connectivity index (χ2n) is 4.79. The minimum atomic E-state index is -0.746. The zero-order valence-corrected chi connectivity index (χ0v) is 10.1. The summed E-state index contributed by atoms with van der Waals surface area (Å²) in [6.45, 7) is 5.36. The summed E-state index contributed by atoms with van der Waals surface area (Å²) in [5.41, 5.74) is -1.28. The van der Waals surface area contributed by atoms with Gasteiger partial charge in [0.15, 0.2) is 0 Å². The molecule has 0 radical (unpaired) electrons. The van der Waals surface area contributed by atoms with E-state index in [1.54, 1.807) is 20.8 Å². The number of hydrogen-bond acceptors (Lipinski definition) is 4. The van der Waals surface area contributed by atoms with Gasteiger partial charge in [0.2, 0.25) is 0 Å². The van der Waals surface area contributed by atoms with Crippen LogP contribution in [0.25, 0.3) is 0 Å². The van der Waals surface area contributed by atoms with Gasteiger partial charge in [0.05, 0.1) is 6.07 Å². The lowest BCUT2D eigenvalue weighted by Crippen LogP contribution is -2.41. The van der Waals surface area contributed by atoms with Gasteiger partial charge in [-0.25, -0.2) is 4.79 Å². The molecule has 4 nitrogen and oxygen atoms in total. The van der Waals surface area contributed by atoms with Gasteiger partial charge in [0.1, 0.15) is 11.1 Å². The minimum Gasteiger partial charge on any atom is -0.444 e. The third-order valence-electron chi connectivity index (χ3n) is 2.25. The fourth-order valence-electron chi connectivity index (χ4n) is 1.35. The highest BCUT2D eigenvalue weighted by molar-refractivity contribution is 7.80. The first-order valence-corrected chi connectivity index (χ1v) is 5.49. The van der Waals surface area contributed by atoms with Gasteiger partial charge < -0.3 is 10.1 Å². The first-order valence-electron chi connectivity index (χ1n) is 4.86. The summed E-state index contributed by atoms with van der Waals surface area (Å²) in [5.74, 6) is 0.738. The number of nitrogens with zero attached hydrogens (tertiary/aromatic N) is 1. The Morgan fingerprint density at radius 1 is 1.73 bits per heavy atom. The van der Waals surface area contributed by atoms with E-state index < -0.39 is 17.2 Å². The number of hydrogen-bond donors (Lipinski definition) is 2. The molecule has 5 heteroatoms. The van der Waals surface area contributed by atoms with Gasteiger partial charge in [0, 0.05) is 5.92 Å². The quantitative estimate of drug-likeness (QED) is 0.707. The number of amides is 1. The highest BCUT2D eigenvalue weighted by atomic mass is 32.1. The monoisotopic (exact) mass is 228 g/mol. The zero-order valence-electron chi connectivity index (χ0n) is 9.20. The SMILES string of the molecule is CC(C)(C)OC(=O)N[C@@]1(C#N)C[C@@H]1CS. The first-order chi connectivity index (χ1) is 6.83. The topological polar surface area (TPSA) is 62.1 Å². The van der Waals surface area contributed by atoms with E-state index >= 15 is 0 Å². The second-order valence-corrected chi connectivity index (χ2v) is 5.16. The number of rotatable bonds is 2. The minimum absolute atomic E-state index is 0.137. The number of nitrogens with one attached hydrogen (secondary N) is 1. The predicted molar refractivity (Wildman–Crippen MR) is 59.7 cm³/mol. The van der Waals surface area contributed by atoms with Crippen LogP contribution in [0.5, 0.6) is 0 Å². The maximum Gasteiger partial charge on any atom is 0.408 e. The van der Waals surface area contributed by atoms with Crippen LogP contribution in [0.1, 0.15) is 27.2 Å². The van der Waals surface area contributed by atoms with Crippen molar-refractivity contribution < 1.29 is 9.53 Å². The molecule has 0 aliphatic heterocycles. The van der Waals surface area contributed by atoms with Crippen LogP contribution in [0.4, 0.5) is 4.79 Å². The number of alkyl carbamates (subject to hydrolysis) is 1. The largest absolute Gasteiger partial charge is 0.444 e. The molecule has 1 fully saturated rings. The van der Waals surface area contributed by atoms with Crippen LogP contribution in [-0.2, 0) is 4.74 Å². The van der Waals surface area contributed by atoms with Crippen LogP contribution in [-0.4, -0.2) is 23.0 Å². The molecule has 0 spiro atoms. The standard InChI is InChI=1S/C10H16N2O2S/c1-9(2,3)14-8(13)12-10(6-11)4-7(10)5-15/h7,15H,4-5H2,1-3H3,(H,12,13)/t7-,10-/m1/s1. The normalized spacial score (nSPS) is 29.1. The second kappa shape index (κ2) is 3.93. The highest BCUT2D eigenvalue weighted by Gasteiger charge is 2.55. The Bertz CT molecular complexity index is 306. The summed E-state index contributed by atoms with van der Waals surface area (Å²) >= 11 is 4.11. The van der Waals surface area contributed by atoms with Crippen molar-refractivity contribution in [1.29, 1.82) is 5.26 Å². The summed E-state index contributed by atoms with van der Waals surface area (Å²) in [6, 6.07) is 2.11. The summed E-state index contributed by atoms with van der Waals surface area (Å²) < 4.78 is 5.08. The molecular weight excluding hydrogens is 212 g/mol. The van der Waals surface area contributed by atoms with Crippen molar-refractivity contribution in [3.63, 3.8) is 0 Å². The molecule has 84 valence electrons. The van der Waals surface area contributed by atoms with Crippen LogP contribution in [0.3, 0.4) is 0 Å². The number of thiol groups is 1. The molecule has 1 rings (SSSR count). The van der Waals surface area contributed by atoms with Crippen molar-refractivity contribution in [3.8, 4) is 6.07 Å². The molecule has 1 aliphatic carbocycles. The number of carbonyl (C=O) groups excluding carboxylic acids is 1. The van der Waals surface area contributed by atoms with Crippen molar-refractivity contribution in [2.45, 2.75) is 38.3 Å². The smallest absolute Gasteiger partial charge is 0.408 e. The Hall–Kier alpha value is -0.890. The lowest BCUT2D eigenvalue weighted by atomic mass is 10.2. The molecule has 1 saturated carbocycles. The van der Waals surface area contributed by atoms with Crippen LogP contribution < -0.4 is 5.32 Å². The molecule has 0 bridgehead atoms. The average Bonchev–Trinajstić information content (AvgIpc) is 2.76. The van der Waals surface area contributed by atoms with E-state index in [-0.39, 0.29) is 5.92 Å². The Morgan fingerprint density at radius 3 is 2.67 bits per heavy atom. The van der Waals surface area contributed by atoms with Crippen molar-refractivity contribution in [2.75, 3.05) is 5.75 Å². The van der Waals surface area contributed by atoms with Crippen molar-refractivity contribution in [2.24, 2.45) is 5.92 Å². The van der Waals surface area contributed by atoms with Gasteiger partial charge in [-0.05, 0) is 32.9 Å². The molecule has 1 aliphatic rings. The molecule has 0 aromatic carbocycles. The van der Waals surface area contributed by atoms with Crippen molar-refractivity contribution >= 4 is 18.7 Å². The van der Waals surface area contributed by atoms with E-state index in [2.05, 4.69) is 24.0 Å². The van der Waals surface area contributed by atoms with E-state index in [1.165, 1.54) is 0 Å². The van der Waals surface area contributed by atoms with Crippen LogP contribution in [0.15, 0.2) is 0 Å². The van der Waals surface area contributed by atoms with Gasteiger partial charge in [-0.1, -0.05) is 0 Å². The molecule has 1 amide bonds. The lowest BCUT2D eigenvalue weighted by molar-refractivity contribution is 0.0507. The van der Waals surface area contributed by atoms with Crippen molar-refractivity contribution in [1.82, 2.24) is 5.32 Å². The van der Waals surface area contributed by atoms with Gasteiger partial charge in [-0.3, -0.25) is 0 Å². The van der Waals surface area contributed by atoms with Gasteiger partial charge in [-0.15, -0.1) is 0 Å². The van der Waals surface area contributed by atoms with E-state index in [1.807, 2.05) is 0 Å². The maximum atomic E-state index is 11.4. The molecular formula is C10H16N2O2S. The molecule has 15 heavy (non-hydrogen) atoms. The molecule has 1 N–H and O–H groups in total. The molecule has 0 aromatic rings. The zero-order chi connectivity index (χ0) is 11.7. The number of ether oxygens (including phenoxy) is 1. The third kappa shape index (κ3) is 3.03.